The Kier molecular flexibility index (Phi) is 2.85. The Morgan fingerprint density at radius 2 is 2.00 bits per heavy atom. The number of anilines is 1. The lowest BCUT2D eigenvalue weighted by atomic mass is 10.1. The molecule has 0 spiro atoms. The fourth-order valence-corrected chi connectivity index (χ4v) is 2.64. The highest BCUT2D eigenvalue weighted by Gasteiger charge is 2.24. The van der Waals surface area contributed by atoms with Crippen LogP contribution in [0.15, 0.2) is 36.7 Å². The molecule has 0 fully saturated rings. The standard InChI is InChI=1S/C15H15FN6/c1-21-9-8-17-14(21)13-12(10-2-4-11(16)5-3-10)20-15-18-6-7-19-22(13)15/h2-5,8-9,19H,6-7H2,1H3,(H,18,20). The number of fused-ring (bicyclic) bond motifs is 1. The van der Waals surface area contributed by atoms with Gasteiger partial charge in [-0.1, -0.05) is 0 Å². The van der Waals surface area contributed by atoms with Gasteiger partial charge in [-0.05, 0) is 24.3 Å². The summed E-state index contributed by atoms with van der Waals surface area (Å²) in [6.07, 6.45) is 3.64. The first kappa shape index (κ1) is 12.9. The molecule has 22 heavy (non-hydrogen) atoms. The number of hydrogen-bond donors (Lipinski definition) is 2. The number of benzene rings is 1. The van der Waals surface area contributed by atoms with E-state index in [1.54, 1.807) is 18.3 Å². The second kappa shape index (κ2) is 4.87. The second-order valence-corrected chi connectivity index (χ2v) is 5.17. The lowest BCUT2D eigenvalue weighted by molar-refractivity contribution is 0.628. The van der Waals surface area contributed by atoms with Crippen LogP contribution in [-0.4, -0.2) is 32.3 Å². The van der Waals surface area contributed by atoms with Crippen molar-refractivity contribution in [2.45, 2.75) is 0 Å². The fraction of sp³-hybridized carbons (Fsp3) is 0.200. The molecule has 0 saturated carbocycles. The molecule has 0 bridgehead atoms. The molecule has 3 heterocycles. The summed E-state index contributed by atoms with van der Waals surface area (Å²) < 4.78 is 17.0. The van der Waals surface area contributed by atoms with Crippen LogP contribution >= 0.6 is 0 Å². The van der Waals surface area contributed by atoms with Crippen molar-refractivity contribution < 1.29 is 4.39 Å². The van der Waals surface area contributed by atoms with Gasteiger partial charge in [0.05, 0.1) is 0 Å². The molecule has 1 aromatic carbocycles. The Bertz CT molecular complexity index is 817. The zero-order valence-electron chi connectivity index (χ0n) is 12.0. The van der Waals surface area contributed by atoms with Crippen LogP contribution in [0, 0.1) is 5.82 Å². The van der Waals surface area contributed by atoms with E-state index in [4.69, 9.17) is 0 Å². The SMILES string of the molecule is Cn1ccnc1-c1c(-c2ccc(F)cc2)nc2n1NCCN2. The molecular formula is C15H15FN6. The lowest BCUT2D eigenvalue weighted by Crippen LogP contribution is -2.30. The maximum absolute atomic E-state index is 13.2. The topological polar surface area (TPSA) is 59.7 Å². The average Bonchev–Trinajstić information content (AvgIpc) is 3.11. The van der Waals surface area contributed by atoms with Gasteiger partial charge in [0.2, 0.25) is 5.95 Å². The molecule has 4 rings (SSSR count). The largest absolute Gasteiger partial charge is 0.352 e. The number of imidazole rings is 2. The van der Waals surface area contributed by atoms with Crippen LogP contribution < -0.4 is 10.7 Å². The summed E-state index contributed by atoms with van der Waals surface area (Å²) in [5, 5.41) is 3.26. The monoisotopic (exact) mass is 298 g/mol. The maximum Gasteiger partial charge on any atom is 0.223 e. The van der Waals surface area contributed by atoms with Crippen molar-refractivity contribution in [3.63, 3.8) is 0 Å². The summed E-state index contributed by atoms with van der Waals surface area (Å²) in [5.41, 5.74) is 5.80. The first-order valence-electron chi connectivity index (χ1n) is 7.08. The minimum absolute atomic E-state index is 0.262. The van der Waals surface area contributed by atoms with Gasteiger partial charge in [0, 0.05) is 38.1 Å². The smallest absolute Gasteiger partial charge is 0.223 e. The van der Waals surface area contributed by atoms with Gasteiger partial charge in [-0.15, -0.1) is 0 Å². The number of rotatable bonds is 2. The third kappa shape index (κ3) is 1.93. The van der Waals surface area contributed by atoms with E-state index in [0.717, 1.165) is 41.8 Å². The number of aryl methyl sites for hydroxylation is 1. The first-order valence-corrected chi connectivity index (χ1v) is 7.08. The van der Waals surface area contributed by atoms with E-state index in [-0.39, 0.29) is 5.82 Å². The lowest BCUT2D eigenvalue weighted by Gasteiger charge is -2.19. The average molecular weight is 298 g/mol. The van der Waals surface area contributed by atoms with Gasteiger partial charge in [-0.2, -0.15) is 0 Å². The van der Waals surface area contributed by atoms with Gasteiger partial charge >= 0.3 is 0 Å². The molecule has 7 heteroatoms. The molecule has 0 amide bonds. The summed E-state index contributed by atoms with van der Waals surface area (Å²) in [6, 6.07) is 6.35. The molecule has 1 aliphatic rings. The van der Waals surface area contributed by atoms with Crippen molar-refractivity contribution in [3.05, 3.63) is 42.5 Å². The van der Waals surface area contributed by atoms with Crippen molar-refractivity contribution in [1.29, 1.82) is 0 Å². The molecular weight excluding hydrogens is 283 g/mol. The summed E-state index contributed by atoms with van der Waals surface area (Å²) in [4.78, 5) is 9.09. The Labute approximate surface area is 126 Å². The van der Waals surface area contributed by atoms with Gasteiger partial charge in [-0.3, -0.25) is 0 Å². The predicted octanol–water partition coefficient (Wildman–Crippen LogP) is 2.06. The van der Waals surface area contributed by atoms with Crippen LogP contribution in [0.3, 0.4) is 0 Å². The predicted molar refractivity (Wildman–Crippen MR) is 82.5 cm³/mol. The quantitative estimate of drug-likeness (QED) is 0.760. The third-order valence-corrected chi connectivity index (χ3v) is 3.71. The molecule has 0 radical (unpaired) electrons. The minimum Gasteiger partial charge on any atom is -0.352 e. The van der Waals surface area contributed by atoms with Crippen molar-refractivity contribution in [3.8, 4) is 22.8 Å². The van der Waals surface area contributed by atoms with E-state index in [2.05, 4.69) is 20.7 Å². The van der Waals surface area contributed by atoms with E-state index in [1.807, 2.05) is 22.5 Å². The highest BCUT2D eigenvalue weighted by Crippen LogP contribution is 2.33. The number of halogens is 1. The van der Waals surface area contributed by atoms with Crippen LogP contribution in [-0.2, 0) is 7.05 Å². The zero-order valence-corrected chi connectivity index (χ0v) is 12.0. The Morgan fingerprint density at radius 3 is 2.73 bits per heavy atom. The van der Waals surface area contributed by atoms with E-state index in [1.165, 1.54) is 12.1 Å². The van der Waals surface area contributed by atoms with Crippen molar-refractivity contribution in [2.75, 3.05) is 23.8 Å². The van der Waals surface area contributed by atoms with Crippen LogP contribution in [0.1, 0.15) is 0 Å². The number of nitrogens with one attached hydrogen (secondary N) is 2. The Morgan fingerprint density at radius 1 is 1.18 bits per heavy atom. The van der Waals surface area contributed by atoms with Gasteiger partial charge in [-0.25, -0.2) is 19.0 Å². The van der Waals surface area contributed by atoms with Crippen LogP contribution in [0.25, 0.3) is 22.8 Å². The molecule has 1 aliphatic heterocycles. The second-order valence-electron chi connectivity index (χ2n) is 5.17. The van der Waals surface area contributed by atoms with E-state index >= 15 is 0 Å². The molecule has 0 atom stereocenters. The van der Waals surface area contributed by atoms with Gasteiger partial charge < -0.3 is 15.3 Å². The fourth-order valence-electron chi connectivity index (χ4n) is 2.64. The summed E-state index contributed by atoms with van der Waals surface area (Å²) >= 11 is 0. The normalized spacial score (nSPS) is 13.4. The van der Waals surface area contributed by atoms with Crippen LogP contribution in [0.2, 0.25) is 0 Å². The minimum atomic E-state index is -0.262. The number of nitrogens with zero attached hydrogens (tertiary/aromatic N) is 4. The molecule has 0 saturated heterocycles. The number of hydrogen-bond acceptors (Lipinski definition) is 4. The first-order chi connectivity index (χ1) is 10.7. The summed E-state index contributed by atoms with van der Waals surface area (Å²) in [5.74, 6) is 1.28. The van der Waals surface area contributed by atoms with Crippen LogP contribution in [0.4, 0.5) is 10.3 Å². The highest BCUT2D eigenvalue weighted by atomic mass is 19.1. The molecule has 0 unspecified atom stereocenters. The van der Waals surface area contributed by atoms with Gasteiger partial charge in [0.15, 0.2) is 5.82 Å². The van der Waals surface area contributed by atoms with Gasteiger partial charge in [0.25, 0.3) is 0 Å². The van der Waals surface area contributed by atoms with E-state index in [0.29, 0.717) is 0 Å². The molecule has 3 aromatic rings. The van der Waals surface area contributed by atoms with Gasteiger partial charge in [0.1, 0.15) is 17.2 Å². The Balaban J connectivity index is 1.96. The van der Waals surface area contributed by atoms with Crippen LogP contribution in [0.5, 0.6) is 0 Å². The molecule has 2 N–H and O–H groups in total. The van der Waals surface area contributed by atoms with Crippen molar-refractivity contribution in [1.82, 2.24) is 19.2 Å². The van der Waals surface area contributed by atoms with E-state index in [9.17, 15) is 4.39 Å². The molecule has 0 aliphatic carbocycles. The highest BCUT2D eigenvalue weighted by molar-refractivity contribution is 5.78. The maximum atomic E-state index is 13.2. The van der Waals surface area contributed by atoms with E-state index < -0.39 is 0 Å². The summed E-state index contributed by atoms with van der Waals surface area (Å²) in [6.45, 7) is 1.60. The van der Waals surface area contributed by atoms with Crippen molar-refractivity contribution >= 4 is 5.95 Å². The molecule has 6 nitrogen and oxygen atoms in total. The summed E-state index contributed by atoms with van der Waals surface area (Å²) in [7, 11) is 1.94. The number of aromatic nitrogens is 4. The molecule has 112 valence electrons. The zero-order chi connectivity index (χ0) is 15.1. The molecule has 2 aromatic heterocycles. The Hall–Kier alpha value is -2.83. The van der Waals surface area contributed by atoms with Crippen molar-refractivity contribution in [2.24, 2.45) is 7.05 Å². The third-order valence-electron chi connectivity index (χ3n) is 3.71.